The maximum absolute atomic E-state index is 13.4. The van der Waals surface area contributed by atoms with E-state index in [2.05, 4.69) is 19.8 Å². The Labute approximate surface area is 178 Å². The molecule has 2 aliphatic rings. The minimum Gasteiger partial charge on any atom is -0.395 e. The molecular weight excluding hydrogens is 430 g/mol. The Bertz CT molecular complexity index is 1290. The zero-order valence-corrected chi connectivity index (χ0v) is 16.5. The van der Waals surface area contributed by atoms with E-state index in [1.807, 2.05) is 4.90 Å². The number of hydrogen-bond acceptors (Lipinski definition) is 8. The summed E-state index contributed by atoms with van der Waals surface area (Å²) in [5.41, 5.74) is -0.298. The summed E-state index contributed by atoms with van der Waals surface area (Å²) in [6.07, 6.45) is -4.04. The van der Waals surface area contributed by atoms with Gasteiger partial charge in [-0.3, -0.25) is 18.9 Å². The van der Waals surface area contributed by atoms with Crippen molar-refractivity contribution < 1.29 is 33.3 Å². The number of aliphatic hydroxyl groups is 2. The quantitative estimate of drug-likeness (QED) is 0.474. The molecule has 0 spiro atoms. The third kappa shape index (κ3) is 3.51. The zero-order valence-electron chi connectivity index (χ0n) is 16.5. The van der Waals surface area contributed by atoms with E-state index in [9.17, 15) is 28.6 Å². The van der Waals surface area contributed by atoms with Gasteiger partial charge >= 0.3 is 6.29 Å². The minimum atomic E-state index is -3.83. The van der Waals surface area contributed by atoms with Crippen LogP contribution in [0.3, 0.4) is 0 Å². The summed E-state index contributed by atoms with van der Waals surface area (Å²) in [5.74, 6) is -1.01. The van der Waals surface area contributed by atoms with Crippen LogP contribution in [0.4, 0.5) is 8.78 Å². The van der Waals surface area contributed by atoms with Gasteiger partial charge in [0.25, 0.3) is 11.5 Å². The topological polar surface area (TPSA) is 126 Å². The third-order valence-corrected chi connectivity index (χ3v) is 5.46. The maximum Gasteiger partial charge on any atom is 0.586 e. The summed E-state index contributed by atoms with van der Waals surface area (Å²) >= 11 is 0. The summed E-state index contributed by atoms with van der Waals surface area (Å²) in [6.45, 7) is 1.27. The smallest absolute Gasteiger partial charge is 0.395 e. The molecule has 0 saturated carbocycles. The number of aromatic nitrogens is 2. The van der Waals surface area contributed by atoms with Gasteiger partial charge in [-0.2, -0.15) is 0 Å². The highest BCUT2D eigenvalue weighted by Crippen LogP contribution is 2.42. The lowest BCUT2D eigenvalue weighted by Gasteiger charge is -2.15. The van der Waals surface area contributed by atoms with Crippen molar-refractivity contribution in [2.75, 3.05) is 26.2 Å². The molecule has 5 rings (SSSR count). The van der Waals surface area contributed by atoms with Crippen LogP contribution in [0.15, 0.2) is 35.3 Å². The second-order valence-corrected chi connectivity index (χ2v) is 7.67. The van der Waals surface area contributed by atoms with Gasteiger partial charge < -0.3 is 25.0 Å². The van der Waals surface area contributed by atoms with E-state index in [0.29, 0.717) is 19.6 Å². The standard InChI is InChI=1S/C20H18F2N4O6/c21-20(22)31-15-6-11-12(7-16(15)32-20)24-17-10(2-1-4-26(17)19(11)30)18(29)23-3-5-25-8-13(27)14(28)9-25/h1-2,4,6-7,13-14,27-28H,3,5,8-9H2,(H,23,29)/t13-,14-/m1/s1. The van der Waals surface area contributed by atoms with E-state index in [0.717, 1.165) is 10.5 Å². The monoisotopic (exact) mass is 448 g/mol. The molecule has 3 N–H and O–H groups in total. The molecule has 1 fully saturated rings. The number of carbonyl (C=O) groups excluding carboxylic acids is 1. The van der Waals surface area contributed by atoms with E-state index < -0.39 is 30.0 Å². The van der Waals surface area contributed by atoms with Crippen LogP contribution < -0.4 is 20.3 Å². The van der Waals surface area contributed by atoms with Gasteiger partial charge in [-0.25, -0.2) is 4.98 Å². The minimum absolute atomic E-state index is 0.0336. The molecule has 1 amide bonds. The van der Waals surface area contributed by atoms with Crippen molar-refractivity contribution >= 4 is 22.5 Å². The van der Waals surface area contributed by atoms with Crippen LogP contribution in [0.2, 0.25) is 0 Å². The molecule has 1 aromatic carbocycles. The Balaban J connectivity index is 1.44. The Kier molecular flexibility index (Phi) is 4.73. The first kappa shape index (κ1) is 20.5. The number of likely N-dealkylation sites (tertiary alicyclic amines) is 1. The van der Waals surface area contributed by atoms with Crippen LogP contribution >= 0.6 is 0 Å². The summed E-state index contributed by atoms with van der Waals surface area (Å²) in [5, 5.41) is 21.9. The number of fused-ring (bicyclic) bond motifs is 3. The number of nitrogens with zero attached hydrogens (tertiary/aromatic N) is 3. The fourth-order valence-corrected chi connectivity index (χ4v) is 3.90. The molecule has 2 aromatic heterocycles. The van der Waals surface area contributed by atoms with Crippen LogP contribution in [0.25, 0.3) is 16.6 Å². The largest absolute Gasteiger partial charge is 0.586 e. The second-order valence-electron chi connectivity index (χ2n) is 7.67. The molecule has 2 atom stereocenters. The highest BCUT2D eigenvalue weighted by Gasteiger charge is 2.43. The van der Waals surface area contributed by atoms with Gasteiger partial charge in [0.1, 0.15) is 0 Å². The van der Waals surface area contributed by atoms with Gasteiger partial charge in [0.15, 0.2) is 17.1 Å². The van der Waals surface area contributed by atoms with Crippen molar-refractivity contribution in [1.29, 1.82) is 0 Å². The summed E-state index contributed by atoms with van der Waals surface area (Å²) in [6, 6.07) is 5.31. The van der Waals surface area contributed by atoms with E-state index >= 15 is 0 Å². The Morgan fingerprint density at radius 3 is 2.62 bits per heavy atom. The zero-order chi connectivity index (χ0) is 22.6. The molecule has 0 aliphatic carbocycles. The molecule has 2 aliphatic heterocycles. The molecule has 0 unspecified atom stereocenters. The van der Waals surface area contributed by atoms with E-state index in [1.165, 1.54) is 24.4 Å². The lowest BCUT2D eigenvalue weighted by Crippen LogP contribution is -2.35. The van der Waals surface area contributed by atoms with Crippen LogP contribution in [-0.2, 0) is 0 Å². The number of ether oxygens (including phenoxy) is 2. The molecule has 0 bridgehead atoms. The Morgan fingerprint density at radius 2 is 1.91 bits per heavy atom. The molecule has 168 valence electrons. The summed E-state index contributed by atoms with van der Waals surface area (Å²) < 4.78 is 36.7. The number of benzene rings is 1. The predicted molar refractivity (Wildman–Crippen MR) is 106 cm³/mol. The average Bonchev–Trinajstić information content (AvgIpc) is 3.22. The lowest BCUT2D eigenvalue weighted by atomic mass is 10.2. The fourth-order valence-electron chi connectivity index (χ4n) is 3.90. The Hall–Kier alpha value is -3.35. The third-order valence-electron chi connectivity index (χ3n) is 5.46. The molecule has 3 aromatic rings. The number of alkyl halides is 2. The van der Waals surface area contributed by atoms with Gasteiger partial charge in [-0.15, -0.1) is 8.78 Å². The van der Waals surface area contributed by atoms with Crippen molar-refractivity contribution in [2.45, 2.75) is 18.5 Å². The second kappa shape index (κ2) is 7.36. The molecule has 1 saturated heterocycles. The molecule has 0 radical (unpaired) electrons. The average molecular weight is 448 g/mol. The SMILES string of the molecule is O=C(NCCN1C[C@@H](O)[C@H](O)C1)c1cccn2c(=O)c3cc4c(cc3nc12)OC(F)(F)O4. The molecule has 32 heavy (non-hydrogen) atoms. The summed E-state index contributed by atoms with van der Waals surface area (Å²) in [7, 11) is 0. The van der Waals surface area contributed by atoms with Crippen LogP contribution in [0.1, 0.15) is 10.4 Å². The number of hydrogen-bond donors (Lipinski definition) is 3. The van der Waals surface area contributed by atoms with E-state index in [-0.39, 0.29) is 40.2 Å². The number of aliphatic hydroxyl groups excluding tert-OH is 2. The molecule has 10 nitrogen and oxygen atoms in total. The van der Waals surface area contributed by atoms with Crippen molar-refractivity contribution in [1.82, 2.24) is 19.6 Å². The van der Waals surface area contributed by atoms with Gasteiger partial charge in [-0.1, -0.05) is 0 Å². The highest BCUT2D eigenvalue weighted by atomic mass is 19.3. The molecular formula is C20H18F2N4O6. The van der Waals surface area contributed by atoms with Crippen LogP contribution in [0.5, 0.6) is 11.5 Å². The number of halogens is 2. The highest BCUT2D eigenvalue weighted by molar-refractivity contribution is 6.00. The normalized spacial score (nSPS) is 22.0. The predicted octanol–water partition coefficient (Wildman–Crippen LogP) is -0.0636. The van der Waals surface area contributed by atoms with Gasteiger partial charge in [0.2, 0.25) is 0 Å². The first-order valence-electron chi connectivity index (χ1n) is 9.83. The van der Waals surface area contributed by atoms with Crippen molar-refractivity contribution in [2.24, 2.45) is 0 Å². The van der Waals surface area contributed by atoms with E-state index in [1.54, 1.807) is 0 Å². The molecule has 12 heteroatoms. The van der Waals surface area contributed by atoms with Gasteiger partial charge in [0.05, 0.1) is 28.7 Å². The number of pyridine rings is 1. The Morgan fingerprint density at radius 1 is 1.22 bits per heavy atom. The van der Waals surface area contributed by atoms with Gasteiger partial charge in [0, 0.05) is 38.4 Å². The fraction of sp³-hybridized carbons (Fsp3) is 0.350. The van der Waals surface area contributed by atoms with Gasteiger partial charge in [-0.05, 0) is 18.2 Å². The number of carbonyl (C=O) groups is 1. The van der Waals surface area contributed by atoms with Crippen molar-refractivity contribution in [3.05, 3.63) is 46.4 Å². The van der Waals surface area contributed by atoms with Crippen LogP contribution in [0, 0.1) is 0 Å². The van der Waals surface area contributed by atoms with Crippen LogP contribution in [-0.4, -0.2) is 75.1 Å². The summed E-state index contributed by atoms with van der Waals surface area (Å²) in [4.78, 5) is 31.8. The number of rotatable bonds is 4. The van der Waals surface area contributed by atoms with Crippen molar-refractivity contribution in [3.8, 4) is 11.5 Å². The molecule has 4 heterocycles. The first-order valence-corrected chi connectivity index (χ1v) is 9.83. The number of β-amino-alcohol motifs (C(OH)–C–C–N with tert-alkyl or cyclic N) is 2. The van der Waals surface area contributed by atoms with Crippen molar-refractivity contribution in [3.63, 3.8) is 0 Å². The van der Waals surface area contributed by atoms with E-state index in [4.69, 9.17) is 0 Å². The number of nitrogens with one attached hydrogen (secondary N) is 1. The lowest BCUT2D eigenvalue weighted by molar-refractivity contribution is -0.286. The maximum atomic E-state index is 13.4. The number of amides is 1. The first-order chi connectivity index (χ1) is 15.2.